The fraction of sp³-hybridized carbons (Fsp3) is 0.512. The van der Waals surface area contributed by atoms with Crippen molar-refractivity contribution in [1.29, 1.82) is 0 Å². The Balaban J connectivity index is 1.49. The van der Waals surface area contributed by atoms with Crippen LogP contribution < -0.4 is 9.47 Å². The van der Waals surface area contributed by atoms with Gasteiger partial charge < -0.3 is 4.90 Å². The van der Waals surface area contributed by atoms with Gasteiger partial charge in [-0.15, -0.1) is 0 Å². The molecule has 3 rings (SSSR count). The van der Waals surface area contributed by atoms with Crippen LogP contribution >= 0.6 is 0 Å². The van der Waals surface area contributed by atoms with Crippen molar-refractivity contribution in [1.82, 2.24) is 0 Å². The standard InChI is InChI=1S/C43H63N2/c1-4-7-9-11-13-15-17-19-35-45(36-20-18-16-14-12-10-8-5-2)43-31-29-41(30-32-43)26-25-39-21-23-40(24-22-39)27-28-42-33-37-44(6-3)38-34-42/h21-34,37-38H,4-20,35-36H2,1-3H3/q+1. The Morgan fingerprint density at radius 1 is 0.422 bits per heavy atom. The van der Waals surface area contributed by atoms with Gasteiger partial charge in [0.05, 0.1) is 0 Å². The third-order valence-electron chi connectivity index (χ3n) is 8.98. The molecule has 2 heteroatoms. The van der Waals surface area contributed by atoms with Crippen molar-refractivity contribution in [3.8, 4) is 0 Å². The molecular weight excluding hydrogens is 544 g/mol. The molecule has 244 valence electrons. The van der Waals surface area contributed by atoms with Crippen molar-refractivity contribution in [2.75, 3.05) is 18.0 Å². The van der Waals surface area contributed by atoms with E-state index in [4.69, 9.17) is 0 Å². The number of hydrogen-bond donors (Lipinski definition) is 0. The molecule has 0 bridgehead atoms. The molecule has 1 aromatic heterocycles. The van der Waals surface area contributed by atoms with E-state index in [-0.39, 0.29) is 0 Å². The Labute approximate surface area is 277 Å². The molecular formula is C43H63N2+. The molecule has 0 fully saturated rings. The summed E-state index contributed by atoms with van der Waals surface area (Å²) in [6.07, 6.45) is 35.2. The summed E-state index contributed by atoms with van der Waals surface area (Å²) in [6.45, 7) is 10.1. The summed E-state index contributed by atoms with van der Waals surface area (Å²) in [5.74, 6) is 0. The van der Waals surface area contributed by atoms with Crippen LogP contribution in [0.3, 0.4) is 0 Å². The van der Waals surface area contributed by atoms with Crippen LogP contribution in [-0.4, -0.2) is 13.1 Å². The third kappa shape index (κ3) is 15.6. The van der Waals surface area contributed by atoms with E-state index in [1.807, 2.05) is 0 Å². The summed E-state index contributed by atoms with van der Waals surface area (Å²) in [6, 6.07) is 22.4. The molecule has 45 heavy (non-hydrogen) atoms. The minimum Gasteiger partial charge on any atom is -0.372 e. The van der Waals surface area contributed by atoms with Gasteiger partial charge in [-0.05, 0) is 54.2 Å². The number of hydrogen-bond acceptors (Lipinski definition) is 1. The van der Waals surface area contributed by atoms with E-state index in [2.05, 4.69) is 128 Å². The predicted molar refractivity (Wildman–Crippen MR) is 200 cm³/mol. The number of aryl methyl sites for hydroxylation is 1. The molecule has 0 aliphatic carbocycles. The highest BCUT2D eigenvalue weighted by Gasteiger charge is 2.07. The van der Waals surface area contributed by atoms with Crippen LogP contribution in [0.25, 0.3) is 24.3 Å². The average molecular weight is 608 g/mol. The van der Waals surface area contributed by atoms with Crippen LogP contribution in [0.5, 0.6) is 0 Å². The topological polar surface area (TPSA) is 7.12 Å². The van der Waals surface area contributed by atoms with Crippen LogP contribution in [0.2, 0.25) is 0 Å². The lowest BCUT2D eigenvalue weighted by Crippen LogP contribution is -2.30. The Morgan fingerprint density at radius 3 is 1.13 bits per heavy atom. The Bertz CT molecular complexity index is 1170. The molecule has 3 aromatic rings. The second-order valence-corrected chi connectivity index (χ2v) is 12.8. The first-order chi connectivity index (χ1) is 22.2. The first-order valence-corrected chi connectivity index (χ1v) is 18.5. The molecule has 0 unspecified atom stereocenters. The predicted octanol–water partition coefficient (Wildman–Crippen LogP) is 12.4. The van der Waals surface area contributed by atoms with Gasteiger partial charge >= 0.3 is 0 Å². The average Bonchev–Trinajstić information content (AvgIpc) is 3.08. The van der Waals surface area contributed by atoms with Crippen molar-refractivity contribution >= 4 is 30.0 Å². The lowest BCUT2D eigenvalue weighted by atomic mass is 10.1. The molecule has 0 amide bonds. The van der Waals surface area contributed by atoms with E-state index in [1.54, 1.807) is 0 Å². The highest BCUT2D eigenvalue weighted by Crippen LogP contribution is 2.20. The van der Waals surface area contributed by atoms with Crippen LogP contribution in [0, 0.1) is 0 Å². The van der Waals surface area contributed by atoms with Gasteiger partial charge in [0, 0.05) is 30.9 Å². The summed E-state index contributed by atoms with van der Waals surface area (Å²) in [5.41, 5.74) is 6.32. The third-order valence-corrected chi connectivity index (χ3v) is 8.98. The molecule has 0 saturated heterocycles. The van der Waals surface area contributed by atoms with E-state index in [0.29, 0.717) is 0 Å². The first-order valence-electron chi connectivity index (χ1n) is 18.5. The highest BCUT2D eigenvalue weighted by atomic mass is 15.1. The molecule has 0 aliphatic heterocycles. The molecule has 0 saturated carbocycles. The first kappa shape index (κ1) is 36.3. The van der Waals surface area contributed by atoms with Crippen LogP contribution in [0.15, 0.2) is 73.1 Å². The number of aromatic nitrogens is 1. The van der Waals surface area contributed by atoms with Gasteiger partial charge in [0.15, 0.2) is 12.4 Å². The van der Waals surface area contributed by atoms with E-state index in [9.17, 15) is 0 Å². The minimum absolute atomic E-state index is 1.00. The van der Waals surface area contributed by atoms with Crippen molar-refractivity contribution in [2.45, 2.75) is 130 Å². The van der Waals surface area contributed by atoms with Crippen molar-refractivity contribution in [3.05, 3.63) is 95.3 Å². The lowest BCUT2D eigenvalue weighted by Gasteiger charge is -2.25. The monoisotopic (exact) mass is 607 g/mol. The van der Waals surface area contributed by atoms with Gasteiger partial charge in [-0.2, -0.15) is 0 Å². The molecule has 0 spiro atoms. The van der Waals surface area contributed by atoms with Crippen LogP contribution in [0.1, 0.15) is 146 Å². The van der Waals surface area contributed by atoms with E-state index in [0.717, 1.165) is 6.54 Å². The number of benzene rings is 2. The lowest BCUT2D eigenvalue weighted by molar-refractivity contribution is -0.693. The van der Waals surface area contributed by atoms with Gasteiger partial charge in [-0.3, -0.25) is 0 Å². The normalized spacial score (nSPS) is 11.6. The molecule has 0 aliphatic rings. The van der Waals surface area contributed by atoms with Gasteiger partial charge in [-0.1, -0.05) is 164 Å². The SMILES string of the molecule is CCCCCCCCCCN(CCCCCCCCCC)c1ccc(C=Cc2ccc(C=Cc3cc[n+](CC)cc3)cc2)cc1. The van der Waals surface area contributed by atoms with E-state index < -0.39 is 0 Å². The second kappa shape index (κ2) is 23.2. The number of anilines is 1. The summed E-state index contributed by atoms with van der Waals surface area (Å²) in [4.78, 5) is 2.66. The van der Waals surface area contributed by atoms with Crippen LogP contribution in [0.4, 0.5) is 5.69 Å². The molecule has 2 nitrogen and oxygen atoms in total. The summed E-state index contributed by atoms with van der Waals surface area (Å²) < 4.78 is 2.18. The number of nitrogens with zero attached hydrogens (tertiary/aromatic N) is 2. The molecule has 1 heterocycles. The van der Waals surface area contributed by atoms with Crippen molar-refractivity contribution < 1.29 is 4.57 Å². The van der Waals surface area contributed by atoms with Gasteiger partial charge in [0.1, 0.15) is 6.54 Å². The molecule has 0 atom stereocenters. The second-order valence-electron chi connectivity index (χ2n) is 12.8. The fourth-order valence-corrected chi connectivity index (χ4v) is 5.93. The summed E-state index contributed by atoms with van der Waals surface area (Å²) >= 11 is 0. The van der Waals surface area contributed by atoms with Crippen LogP contribution in [-0.2, 0) is 6.54 Å². The van der Waals surface area contributed by atoms with Gasteiger partial charge in [0.25, 0.3) is 0 Å². The van der Waals surface area contributed by atoms with E-state index in [1.165, 1.54) is 144 Å². The summed E-state index contributed by atoms with van der Waals surface area (Å²) in [5, 5.41) is 0. The number of rotatable bonds is 24. The zero-order valence-electron chi connectivity index (χ0n) is 29.1. The number of pyridine rings is 1. The number of unbranched alkanes of at least 4 members (excludes halogenated alkanes) is 14. The Hall–Kier alpha value is -3.13. The maximum absolute atomic E-state index is 2.66. The molecule has 0 radical (unpaired) electrons. The summed E-state index contributed by atoms with van der Waals surface area (Å²) in [7, 11) is 0. The highest BCUT2D eigenvalue weighted by molar-refractivity contribution is 5.73. The molecule has 0 N–H and O–H groups in total. The quantitative estimate of drug-likeness (QED) is 0.0558. The zero-order valence-corrected chi connectivity index (χ0v) is 29.1. The van der Waals surface area contributed by atoms with Gasteiger partial charge in [0.2, 0.25) is 0 Å². The Kier molecular flexibility index (Phi) is 18.8. The zero-order chi connectivity index (χ0) is 31.8. The minimum atomic E-state index is 1.00. The van der Waals surface area contributed by atoms with E-state index >= 15 is 0 Å². The van der Waals surface area contributed by atoms with Crippen molar-refractivity contribution in [2.24, 2.45) is 0 Å². The molecule has 2 aromatic carbocycles. The maximum Gasteiger partial charge on any atom is 0.169 e. The largest absolute Gasteiger partial charge is 0.372 e. The van der Waals surface area contributed by atoms with Crippen molar-refractivity contribution in [3.63, 3.8) is 0 Å². The maximum atomic E-state index is 2.66. The van der Waals surface area contributed by atoms with Gasteiger partial charge in [-0.25, -0.2) is 4.57 Å². The fourth-order valence-electron chi connectivity index (χ4n) is 5.93. The Morgan fingerprint density at radius 2 is 0.756 bits per heavy atom. The smallest absolute Gasteiger partial charge is 0.169 e.